The molecule has 6 heteroatoms. The number of carbonyl (C=O) groups excluding carboxylic acids is 1. The summed E-state index contributed by atoms with van der Waals surface area (Å²) >= 11 is 0. The Kier molecular flexibility index (Phi) is 5.54. The fourth-order valence-electron chi connectivity index (χ4n) is 2.59. The molecule has 0 aliphatic carbocycles. The van der Waals surface area contributed by atoms with Crippen LogP contribution in [0.5, 0.6) is 5.75 Å². The predicted molar refractivity (Wildman–Crippen MR) is 101 cm³/mol. The van der Waals surface area contributed by atoms with Gasteiger partial charge in [-0.15, -0.1) is 0 Å². The molecule has 1 amide bonds. The third-order valence-electron chi connectivity index (χ3n) is 4.09. The van der Waals surface area contributed by atoms with Crippen molar-refractivity contribution in [2.75, 3.05) is 6.54 Å². The van der Waals surface area contributed by atoms with Gasteiger partial charge in [0.25, 0.3) is 5.91 Å². The van der Waals surface area contributed by atoms with E-state index in [1.165, 1.54) is 24.3 Å². The third kappa shape index (κ3) is 4.94. The predicted octanol–water partition coefficient (Wildman–Crippen LogP) is 3.53. The zero-order valence-electron chi connectivity index (χ0n) is 15.4. The van der Waals surface area contributed by atoms with Crippen molar-refractivity contribution in [2.24, 2.45) is 0 Å². The van der Waals surface area contributed by atoms with Crippen LogP contribution in [0.25, 0.3) is 5.69 Å². The van der Waals surface area contributed by atoms with Gasteiger partial charge in [0.15, 0.2) is 5.60 Å². The van der Waals surface area contributed by atoms with E-state index in [-0.39, 0.29) is 11.7 Å². The molecular formula is C21H22FN3O2. The lowest BCUT2D eigenvalue weighted by molar-refractivity contribution is -0.134. The molecule has 5 nitrogen and oxygen atoms in total. The summed E-state index contributed by atoms with van der Waals surface area (Å²) in [5, 5.41) is 7.22. The number of hydrogen-bond donors (Lipinski definition) is 1. The van der Waals surface area contributed by atoms with E-state index in [1.54, 1.807) is 24.7 Å². The average molecular weight is 367 g/mol. The van der Waals surface area contributed by atoms with Gasteiger partial charge in [0.2, 0.25) is 0 Å². The summed E-state index contributed by atoms with van der Waals surface area (Å²) in [6.07, 6.45) is 4.40. The van der Waals surface area contributed by atoms with E-state index in [9.17, 15) is 9.18 Å². The summed E-state index contributed by atoms with van der Waals surface area (Å²) in [6.45, 7) is 3.83. The molecule has 0 saturated heterocycles. The second kappa shape index (κ2) is 8.03. The van der Waals surface area contributed by atoms with Crippen LogP contribution >= 0.6 is 0 Å². The minimum Gasteiger partial charge on any atom is -0.478 e. The molecule has 3 rings (SSSR count). The Balaban J connectivity index is 1.51. The van der Waals surface area contributed by atoms with E-state index in [1.807, 2.05) is 36.5 Å². The first-order valence-electron chi connectivity index (χ1n) is 8.76. The number of hydrogen-bond acceptors (Lipinski definition) is 3. The van der Waals surface area contributed by atoms with Gasteiger partial charge in [-0.25, -0.2) is 9.07 Å². The van der Waals surface area contributed by atoms with E-state index in [0.717, 1.165) is 11.3 Å². The van der Waals surface area contributed by atoms with Crippen LogP contribution in [0.1, 0.15) is 19.4 Å². The van der Waals surface area contributed by atoms with Crippen LogP contribution in [0.15, 0.2) is 67.0 Å². The molecular weight excluding hydrogens is 345 g/mol. The maximum Gasteiger partial charge on any atom is 0.263 e. The molecule has 0 bridgehead atoms. The second-order valence-corrected chi connectivity index (χ2v) is 6.70. The highest BCUT2D eigenvalue weighted by Crippen LogP contribution is 2.19. The third-order valence-corrected chi connectivity index (χ3v) is 4.09. The number of benzene rings is 2. The number of amides is 1. The summed E-state index contributed by atoms with van der Waals surface area (Å²) < 4.78 is 20.5. The number of halogens is 1. The van der Waals surface area contributed by atoms with Gasteiger partial charge >= 0.3 is 0 Å². The lowest BCUT2D eigenvalue weighted by atomic mass is 10.1. The number of aromatic nitrogens is 2. The van der Waals surface area contributed by atoms with Gasteiger partial charge in [0.1, 0.15) is 11.6 Å². The monoisotopic (exact) mass is 367 g/mol. The van der Waals surface area contributed by atoms with Gasteiger partial charge in [0, 0.05) is 12.7 Å². The summed E-state index contributed by atoms with van der Waals surface area (Å²) in [5.41, 5.74) is 0.949. The molecule has 27 heavy (non-hydrogen) atoms. The lowest BCUT2D eigenvalue weighted by Crippen LogP contribution is -2.47. The standard InChI is InChI=1S/C21H22FN3O2/c1-21(2,27-19-10-8-17(22)9-11-19)20(26)23-13-12-16-14-24-25(15-16)18-6-4-3-5-7-18/h3-11,14-15H,12-13H2,1-2H3,(H,23,26). The SMILES string of the molecule is CC(C)(Oc1ccc(F)cc1)C(=O)NCCc1cnn(-c2ccccc2)c1. The highest BCUT2D eigenvalue weighted by atomic mass is 19.1. The molecule has 2 aromatic carbocycles. The largest absolute Gasteiger partial charge is 0.478 e. The van der Waals surface area contributed by atoms with Gasteiger partial charge in [-0.2, -0.15) is 5.10 Å². The van der Waals surface area contributed by atoms with E-state index in [2.05, 4.69) is 10.4 Å². The number of ether oxygens (including phenoxy) is 1. The van der Waals surface area contributed by atoms with Crippen molar-refractivity contribution in [3.63, 3.8) is 0 Å². The van der Waals surface area contributed by atoms with Crippen molar-refractivity contribution >= 4 is 5.91 Å². The van der Waals surface area contributed by atoms with Gasteiger partial charge in [0.05, 0.1) is 11.9 Å². The van der Waals surface area contributed by atoms with Crippen LogP contribution in [-0.4, -0.2) is 27.8 Å². The molecule has 0 aliphatic heterocycles. The Labute approximate surface area is 157 Å². The topological polar surface area (TPSA) is 56.1 Å². The van der Waals surface area contributed by atoms with Crippen molar-refractivity contribution in [3.8, 4) is 11.4 Å². The van der Waals surface area contributed by atoms with Crippen LogP contribution < -0.4 is 10.1 Å². The summed E-state index contributed by atoms with van der Waals surface area (Å²) in [7, 11) is 0. The molecule has 3 aromatic rings. The number of carbonyl (C=O) groups is 1. The summed E-state index contributed by atoms with van der Waals surface area (Å²) in [4.78, 5) is 12.4. The number of para-hydroxylation sites is 1. The van der Waals surface area contributed by atoms with E-state index < -0.39 is 5.60 Å². The summed E-state index contributed by atoms with van der Waals surface area (Å²) in [5.74, 6) is -0.136. The maximum absolute atomic E-state index is 13.0. The van der Waals surface area contributed by atoms with Crippen molar-refractivity contribution in [1.29, 1.82) is 0 Å². The Morgan fingerprint density at radius 1 is 1.15 bits per heavy atom. The normalized spacial score (nSPS) is 11.2. The van der Waals surface area contributed by atoms with E-state index >= 15 is 0 Å². The fourth-order valence-corrected chi connectivity index (χ4v) is 2.59. The van der Waals surface area contributed by atoms with Crippen molar-refractivity contribution in [1.82, 2.24) is 15.1 Å². The van der Waals surface area contributed by atoms with Gasteiger partial charge in [-0.1, -0.05) is 18.2 Å². The first-order valence-corrected chi connectivity index (χ1v) is 8.76. The molecule has 0 radical (unpaired) electrons. The highest BCUT2D eigenvalue weighted by molar-refractivity contribution is 5.84. The van der Waals surface area contributed by atoms with Gasteiger partial charge < -0.3 is 10.1 Å². The molecule has 0 fully saturated rings. The van der Waals surface area contributed by atoms with Crippen molar-refractivity contribution in [3.05, 3.63) is 78.4 Å². The molecule has 140 valence electrons. The van der Waals surface area contributed by atoms with E-state index in [4.69, 9.17) is 4.74 Å². The second-order valence-electron chi connectivity index (χ2n) is 6.70. The molecule has 0 unspecified atom stereocenters. The zero-order chi connectivity index (χ0) is 19.3. The lowest BCUT2D eigenvalue weighted by Gasteiger charge is -2.25. The van der Waals surface area contributed by atoms with Crippen LogP contribution in [0.2, 0.25) is 0 Å². The van der Waals surface area contributed by atoms with Crippen LogP contribution in [0, 0.1) is 5.82 Å². The maximum atomic E-state index is 13.0. The van der Waals surface area contributed by atoms with Crippen LogP contribution in [0.3, 0.4) is 0 Å². The first-order chi connectivity index (χ1) is 12.9. The molecule has 1 aromatic heterocycles. The number of nitrogens with zero attached hydrogens (tertiary/aromatic N) is 2. The zero-order valence-corrected chi connectivity index (χ0v) is 15.4. The molecule has 0 atom stereocenters. The Bertz CT molecular complexity index is 889. The Hall–Kier alpha value is -3.15. The average Bonchev–Trinajstić information content (AvgIpc) is 3.13. The fraction of sp³-hybridized carbons (Fsp3) is 0.238. The molecule has 1 N–H and O–H groups in total. The molecule has 1 heterocycles. The molecule has 0 aliphatic rings. The molecule has 0 spiro atoms. The quantitative estimate of drug-likeness (QED) is 0.695. The minimum atomic E-state index is -1.06. The number of nitrogens with one attached hydrogen (secondary N) is 1. The molecule has 0 saturated carbocycles. The Morgan fingerprint density at radius 2 is 1.85 bits per heavy atom. The van der Waals surface area contributed by atoms with Crippen LogP contribution in [-0.2, 0) is 11.2 Å². The minimum absolute atomic E-state index is 0.234. The Morgan fingerprint density at radius 3 is 2.56 bits per heavy atom. The number of rotatable bonds is 7. The smallest absolute Gasteiger partial charge is 0.263 e. The van der Waals surface area contributed by atoms with Crippen molar-refractivity contribution in [2.45, 2.75) is 25.9 Å². The van der Waals surface area contributed by atoms with Gasteiger partial charge in [-0.05, 0) is 62.2 Å². The highest BCUT2D eigenvalue weighted by Gasteiger charge is 2.29. The van der Waals surface area contributed by atoms with E-state index in [0.29, 0.717) is 18.7 Å². The summed E-state index contributed by atoms with van der Waals surface area (Å²) in [6, 6.07) is 15.4. The first kappa shape index (κ1) is 18.6. The van der Waals surface area contributed by atoms with Crippen molar-refractivity contribution < 1.29 is 13.9 Å². The van der Waals surface area contributed by atoms with Gasteiger partial charge in [-0.3, -0.25) is 4.79 Å². The van der Waals surface area contributed by atoms with Crippen LogP contribution in [0.4, 0.5) is 4.39 Å².